The second-order valence-corrected chi connectivity index (χ2v) is 19.2. The highest BCUT2D eigenvalue weighted by atomic mass is 16.7. The smallest absolute Gasteiger partial charge is 0.407 e. The largest absolute Gasteiger partial charge is 0.459 e. The van der Waals surface area contributed by atoms with Crippen molar-refractivity contribution in [1.82, 2.24) is 20.1 Å². The molecular weight excluding hydrogens is 805 g/mol. The number of hydrogen-bond acceptors (Lipinski definition) is 16. The lowest BCUT2D eigenvalue weighted by Crippen LogP contribution is -2.61. The lowest BCUT2D eigenvalue weighted by Gasteiger charge is -2.48. The van der Waals surface area contributed by atoms with Gasteiger partial charge in [0.15, 0.2) is 18.7 Å². The Morgan fingerprint density at radius 1 is 1.02 bits per heavy atom. The van der Waals surface area contributed by atoms with E-state index in [-0.39, 0.29) is 43.9 Å². The van der Waals surface area contributed by atoms with Gasteiger partial charge in [-0.3, -0.25) is 14.7 Å². The van der Waals surface area contributed by atoms with E-state index in [9.17, 15) is 30.0 Å². The highest BCUT2D eigenvalue weighted by Gasteiger charge is 2.53. The molecule has 3 aliphatic rings. The number of aliphatic hydroxyl groups is 4. The maximum Gasteiger partial charge on any atom is 0.407 e. The number of ether oxygens (including phenoxy) is 7. The molecule has 1 aromatic heterocycles. The quantitative estimate of drug-likeness (QED) is 0.214. The number of aliphatic hydroxyl groups excluding tert-OH is 2. The highest BCUT2D eigenvalue weighted by Crippen LogP contribution is 2.40. The van der Waals surface area contributed by atoms with Crippen LogP contribution in [0, 0.1) is 17.8 Å². The zero-order valence-electron chi connectivity index (χ0n) is 39.5. The third-order valence-electron chi connectivity index (χ3n) is 13.5. The van der Waals surface area contributed by atoms with Crippen LogP contribution in [0.1, 0.15) is 101 Å². The van der Waals surface area contributed by atoms with E-state index >= 15 is 0 Å². The first-order chi connectivity index (χ1) is 28.9. The van der Waals surface area contributed by atoms with Crippen molar-refractivity contribution in [2.45, 2.75) is 192 Å². The molecule has 3 fully saturated rings. The lowest BCUT2D eigenvalue weighted by atomic mass is 9.77. The number of esters is 1. The van der Waals surface area contributed by atoms with E-state index in [1.807, 2.05) is 58.6 Å². The number of nitrogens with one attached hydrogen (secondary N) is 1. The molecule has 0 saturated carbocycles. The molecule has 0 radical (unpaired) electrons. The maximum absolute atomic E-state index is 14.6. The molecule has 1 amide bonds. The molecule has 4 rings (SSSR count). The molecule has 17 heteroatoms. The predicted octanol–water partition coefficient (Wildman–Crippen LogP) is 3.23. The fraction of sp³-hybridized carbons (Fsp3) is 0.844. The van der Waals surface area contributed by atoms with Crippen molar-refractivity contribution >= 4 is 12.1 Å². The standard InChI is InChI=1S/C45H78N4O13/c1-15-33-45(10,55)39(62-42(53)47-23-31-18-16-17-19-46-31)29(6)49(13)24-25(2)21-43(8,54)38(61-41-35(50)32(48(11)12)20-26(3)57-41)27(4)36(28(5)40(52)59-33)60-34-22-44(9,56-14)37(51)30(7)58-34/h16-19,25-30,32-39,41,50-51,54-55H,15,20-24H2,1-14H3,(H,47,53)/t25-,26-,27+,28-,29-,30+,32+,33-,34+,35-,36+,37+,38-,39-,41+,43-,44-,45-/m1/s1. The molecule has 3 saturated heterocycles. The van der Waals surface area contributed by atoms with Gasteiger partial charge >= 0.3 is 12.1 Å². The summed E-state index contributed by atoms with van der Waals surface area (Å²) < 4.78 is 44.1. The van der Waals surface area contributed by atoms with Gasteiger partial charge in [0.2, 0.25) is 0 Å². The minimum absolute atomic E-state index is 0.0843. The van der Waals surface area contributed by atoms with Crippen LogP contribution in [0.2, 0.25) is 0 Å². The number of carbonyl (C=O) groups excluding carboxylic acids is 2. The number of cyclic esters (lactones) is 1. The zero-order valence-corrected chi connectivity index (χ0v) is 39.5. The summed E-state index contributed by atoms with van der Waals surface area (Å²) in [7, 11) is 7.10. The van der Waals surface area contributed by atoms with Crippen LogP contribution in [-0.2, 0) is 44.5 Å². The predicted molar refractivity (Wildman–Crippen MR) is 230 cm³/mol. The molecule has 0 aromatic carbocycles. The Morgan fingerprint density at radius 2 is 1.69 bits per heavy atom. The third-order valence-corrected chi connectivity index (χ3v) is 13.5. The van der Waals surface area contributed by atoms with Crippen LogP contribution in [0.4, 0.5) is 4.79 Å². The Hall–Kier alpha value is -2.55. The van der Waals surface area contributed by atoms with E-state index in [0.29, 0.717) is 18.7 Å². The minimum atomic E-state index is -1.91. The summed E-state index contributed by atoms with van der Waals surface area (Å²) in [4.78, 5) is 36.2. The van der Waals surface area contributed by atoms with Gasteiger partial charge in [-0.15, -0.1) is 0 Å². The Kier molecular flexibility index (Phi) is 18.2. The first kappa shape index (κ1) is 52.1. The van der Waals surface area contributed by atoms with E-state index in [2.05, 4.69) is 10.3 Å². The second kappa shape index (κ2) is 21.6. The van der Waals surface area contributed by atoms with Crippen LogP contribution in [0.25, 0.3) is 0 Å². The number of carbonyl (C=O) groups is 2. The van der Waals surface area contributed by atoms with Gasteiger partial charge in [0, 0.05) is 44.3 Å². The average Bonchev–Trinajstić information content (AvgIpc) is 3.20. The third kappa shape index (κ3) is 12.4. The summed E-state index contributed by atoms with van der Waals surface area (Å²) in [6.45, 7) is 18.0. The van der Waals surface area contributed by atoms with Crippen molar-refractivity contribution in [1.29, 1.82) is 0 Å². The van der Waals surface area contributed by atoms with Crippen LogP contribution < -0.4 is 5.32 Å². The van der Waals surface area contributed by atoms with E-state index in [0.717, 1.165) is 0 Å². The molecular formula is C45H78N4O13. The summed E-state index contributed by atoms with van der Waals surface area (Å²) >= 11 is 0. The van der Waals surface area contributed by atoms with Crippen molar-refractivity contribution < 1.29 is 63.2 Å². The van der Waals surface area contributed by atoms with Crippen LogP contribution in [-0.4, -0.2) is 172 Å². The van der Waals surface area contributed by atoms with Gasteiger partial charge in [0.25, 0.3) is 0 Å². The monoisotopic (exact) mass is 883 g/mol. The minimum Gasteiger partial charge on any atom is -0.459 e. The van der Waals surface area contributed by atoms with Gasteiger partial charge < -0.3 is 63.8 Å². The molecule has 3 aliphatic heterocycles. The van der Waals surface area contributed by atoms with E-state index in [1.165, 1.54) is 14.0 Å². The number of alkyl carbamates (subject to hydrolysis) is 1. The summed E-state index contributed by atoms with van der Waals surface area (Å²) in [6.07, 6.45) is -7.91. The number of aromatic nitrogens is 1. The lowest BCUT2D eigenvalue weighted by molar-refractivity contribution is -0.318. The molecule has 18 atom stereocenters. The molecule has 0 unspecified atom stereocenters. The Bertz CT molecular complexity index is 1570. The van der Waals surface area contributed by atoms with Gasteiger partial charge in [-0.05, 0) is 107 Å². The first-order valence-corrected chi connectivity index (χ1v) is 22.3. The SMILES string of the molecule is CC[C@H]1OC(=O)[C@H](C)[C@@H](O[C@H]2C[C@@](C)(OC)[C@@H](O)[C@H](C)O2)[C@H](C)[C@@H](O[C@@H]2O[C@H](C)C[C@H](N(C)C)[C@H]2O)[C@](C)(O)C[C@@H](C)CN(C)[C@H](C)[C@@H](OC(=O)NCc2ccccn2)[C@]1(C)O. The number of methoxy groups -OCH3 is 1. The molecule has 17 nitrogen and oxygen atoms in total. The average molecular weight is 883 g/mol. The summed E-state index contributed by atoms with van der Waals surface area (Å²) in [6, 6.07) is 4.41. The summed E-state index contributed by atoms with van der Waals surface area (Å²) in [5.41, 5.74) is -3.98. The molecule has 356 valence electrons. The zero-order chi connectivity index (χ0) is 46.5. The fourth-order valence-corrected chi connectivity index (χ4v) is 9.76. The molecule has 0 spiro atoms. The van der Waals surface area contributed by atoms with Crippen molar-refractivity contribution in [2.24, 2.45) is 17.8 Å². The van der Waals surface area contributed by atoms with Crippen molar-refractivity contribution in [3.63, 3.8) is 0 Å². The molecule has 1 aromatic rings. The van der Waals surface area contributed by atoms with Gasteiger partial charge in [0.05, 0.1) is 53.8 Å². The molecule has 0 bridgehead atoms. The number of pyridine rings is 1. The van der Waals surface area contributed by atoms with Crippen LogP contribution >= 0.6 is 0 Å². The van der Waals surface area contributed by atoms with Crippen molar-refractivity contribution in [2.75, 3.05) is 34.8 Å². The summed E-state index contributed by atoms with van der Waals surface area (Å²) in [5.74, 6) is -2.83. The molecule has 4 heterocycles. The Labute approximate surface area is 369 Å². The normalized spacial score (nSPS) is 43.3. The highest BCUT2D eigenvalue weighted by molar-refractivity contribution is 5.73. The Balaban J connectivity index is 1.80. The van der Waals surface area contributed by atoms with Gasteiger partial charge in [-0.1, -0.05) is 26.8 Å². The fourth-order valence-electron chi connectivity index (χ4n) is 9.76. The van der Waals surface area contributed by atoms with Gasteiger partial charge in [0.1, 0.15) is 23.9 Å². The molecule has 5 N–H and O–H groups in total. The second-order valence-electron chi connectivity index (χ2n) is 19.2. The number of nitrogens with zero attached hydrogens (tertiary/aromatic N) is 3. The number of hydrogen-bond donors (Lipinski definition) is 5. The Morgan fingerprint density at radius 3 is 2.29 bits per heavy atom. The number of likely N-dealkylation sites (N-methyl/N-ethyl adjacent to an activating group) is 2. The first-order valence-electron chi connectivity index (χ1n) is 22.3. The van der Waals surface area contributed by atoms with Gasteiger partial charge in [-0.25, -0.2) is 4.79 Å². The van der Waals surface area contributed by atoms with Crippen molar-refractivity contribution in [3.8, 4) is 0 Å². The molecule has 0 aliphatic carbocycles. The topological polar surface area (TPSA) is 211 Å². The maximum atomic E-state index is 14.6. The van der Waals surface area contributed by atoms with Crippen molar-refractivity contribution in [3.05, 3.63) is 30.1 Å². The number of rotatable bonds is 10. The molecule has 62 heavy (non-hydrogen) atoms. The van der Waals surface area contributed by atoms with E-state index in [4.69, 9.17) is 33.2 Å². The van der Waals surface area contributed by atoms with Crippen LogP contribution in [0.15, 0.2) is 24.4 Å². The van der Waals surface area contributed by atoms with E-state index in [1.54, 1.807) is 59.0 Å². The summed E-state index contributed by atoms with van der Waals surface area (Å²) in [5, 5.41) is 50.6. The van der Waals surface area contributed by atoms with Crippen LogP contribution in [0.5, 0.6) is 0 Å². The number of amides is 1. The van der Waals surface area contributed by atoms with E-state index < -0.39 is 102 Å². The van der Waals surface area contributed by atoms with Crippen LogP contribution in [0.3, 0.4) is 0 Å². The van der Waals surface area contributed by atoms with Gasteiger partial charge in [-0.2, -0.15) is 0 Å².